The molecular formula is C17H33N3. The van der Waals surface area contributed by atoms with Crippen LogP contribution in [0.4, 0.5) is 0 Å². The smallest absolute Gasteiger partial charge is 0.0990 e. The molecule has 20 heavy (non-hydrogen) atoms. The highest BCUT2D eigenvalue weighted by Crippen LogP contribution is 2.12. The number of aliphatic imine (C=N–C) groups is 1. The van der Waals surface area contributed by atoms with E-state index >= 15 is 0 Å². The van der Waals surface area contributed by atoms with Crippen molar-refractivity contribution in [1.82, 2.24) is 4.90 Å². The van der Waals surface area contributed by atoms with E-state index in [2.05, 4.69) is 29.0 Å². The lowest BCUT2D eigenvalue weighted by molar-refractivity contribution is 0.456. The molecule has 0 aromatic carbocycles. The summed E-state index contributed by atoms with van der Waals surface area (Å²) in [6.07, 6.45) is 16.4. The third-order valence-electron chi connectivity index (χ3n) is 3.94. The van der Waals surface area contributed by atoms with E-state index in [0.717, 1.165) is 32.6 Å². The number of hydrogen-bond acceptors (Lipinski definition) is 3. The highest BCUT2D eigenvalue weighted by molar-refractivity contribution is 5.83. The maximum Gasteiger partial charge on any atom is 0.0990 e. The van der Waals surface area contributed by atoms with Crippen LogP contribution >= 0.6 is 0 Å². The first-order valence-corrected chi connectivity index (χ1v) is 8.48. The average Bonchev–Trinajstić information content (AvgIpc) is 2.89. The van der Waals surface area contributed by atoms with Crippen LogP contribution in [0.2, 0.25) is 0 Å². The normalized spacial score (nSPS) is 15.3. The summed E-state index contributed by atoms with van der Waals surface area (Å²) in [5, 5.41) is 0. The first-order chi connectivity index (χ1) is 9.88. The zero-order valence-electron chi connectivity index (χ0n) is 13.3. The van der Waals surface area contributed by atoms with Crippen molar-refractivity contribution in [1.29, 1.82) is 0 Å². The minimum Gasteiger partial charge on any atom is -0.357 e. The highest BCUT2D eigenvalue weighted by Gasteiger charge is 2.14. The van der Waals surface area contributed by atoms with Crippen LogP contribution in [-0.4, -0.2) is 36.9 Å². The topological polar surface area (TPSA) is 41.6 Å². The summed E-state index contributed by atoms with van der Waals surface area (Å²) in [6, 6.07) is 0. The molecule has 3 nitrogen and oxygen atoms in total. The van der Waals surface area contributed by atoms with Crippen molar-refractivity contribution in [3.8, 4) is 0 Å². The minimum absolute atomic E-state index is 0.742. The lowest BCUT2D eigenvalue weighted by Gasteiger charge is -2.19. The predicted octanol–water partition coefficient (Wildman–Crippen LogP) is 3.75. The lowest BCUT2D eigenvalue weighted by atomic mass is 10.1. The quantitative estimate of drug-likeness (QED) is 0.437. The summed E-state index contributed by atoms with van der Waals surface area (Å²) in [5.41, 5.74) is 5.62. The van der Waals surface area contributed by atoms with Gasteiger partial charge in [0.2, 0.25) is 0 Å². The molecule has 1 aliphatic rings. The second-order valence-electron chi connectivity index (χ2n) is 5.66. The Kier molecular flexibility index (Phi) is 10.3. The summed E-state index contributed by atoms with van der Waals surface area (Å²) in [6.45, 7) is 5.88. The molecular weight excluding hydrogens is 246 g/mol. The lowest BCUT2D eigenvalue weighted by Crippen LogP contribution is -2.32. The Morgan fingerprint density at radius 2 is 1.80 bits per heavy atom. The molecule has 0 spiro atoms. The van der Waals surface area contributed by atoms with Gasteiger partial charge in [-0.25, -0.2) is 0 Å². The second kappa shape index (κ2) is 12.0. The number of amidine groups is 1. The van der Waals surface area contributed by atoms with E-state index in [-0.39, 0.29) is 0 Å². The first kappa shape index (κ1) is 17.2. The molecule has 0 saturated carbocycles. The summed E-state index contributed by atoms with van der Waals surface area (Å²) >= 11 is 0. The van der Waals surface area contributed by atoms with E-state index in [1.807, 2.05) is 0 Å². The molecule has 0 atom stereocenters. The van der Waals surface area contributed by atoms with E-state index in [0.29, 0.717) is 0 Å². The number of allylic oxidation sites excluding steroid dienone is 2. The summed E-state index contributed by atoms with van der Waals surface area (Å²) in [4.78, 5) is 6.95. The molecule has 0 saturated heterocycles. The van der Waals surface area contributed by atoms with Crippen molar-refractivity contribution < 1.29 is 0 Å². The fourth-order valence-corrected chi connectivity index (χ4v) is 2.76. The van der Waals surface area contributed by atoms with Crippen LogP contribution in [0.25, 0.3) is 0 Å². The molecule has 116 valence electrons. The van der Waals surface area contributed by atoms with Crippen LogP contribution in [0.15, 0.2) is 17.1 Å². The monoisotopic (exact) mass is 279 g/mol. The van der Waals surface area contributed by atoms with Gasteiger partial charge in [0.15, 0.2) is 0 Å². The maximum absolute atomic E-state index is 5.62. The van der Waals surface area contributed by atoms with E-state index < -0.39 is 0 Å². The number of nitrogens with two attached hydrogens (primary N) is 1. The van der Waals surface area contributed by atoms with E-state index in [4.69, 9.17) is 5.73 Å². The van der Waals surface area contributed by atoms with Crippen molar-refractivity contribution in [3.63, 3.8) is 0 Å². The van der Waals surface area contributed by atoms with Gasteiger partial charge in [0.25, 0.3) is 0 Å². The Morgan fingerprint density at radius 3 is 2.50 bits per heavy atom. The Bertz CT molecular complexity index is 284. The SMILES string of the molecule is C/C=C/CCCCCCCCCC1=NCCN1CCN. The number of hydrogen-bond donors (Lipinski definition) is 1. The zero-order valence-corrected chi connectivity index (χ0v) is 13.3. The van der Waals surface area contributed by atoms with Gasteiger partial charge in [0.1, 0.15) is 0 Å². The van der Waals surface area contributed by atoms with Gasteiger partial charge in [-0.15, -0.1) is 0 Å². The summed E-state index contributed by atoms with van der Waals surface area (Å²) < 4.78 is 0. The summed E-state index contributed by atoms with van der Waals surface area (Å²) in [5.74, 6) is 1.31. The molecule has 0 bridgehead atoms. The molecule has 0 unspecified atom stereocenters. The van der Waals surface area contributed by atoms with Gasteiger partial charge in [-0.05, 0) is 26.2 Å². The molecule has 2 N–H and O–H groups in total. The number of nitrogens with zero attached hydrogens (tertiary/aromatic N) is 2. The van der Waals surface area contributed by atoms with E-state index in [9.17, 15) is 0 Å². The fourth-order valence-electron chi connectivity index (χ4n) is 2.76. The molecule has 0 amide bonds. The van der Waals surface area contributed by atoms with Crippen molar-refractivity contribution in [2.75, 3.05) is 26.2 Å². The third-order valence-corrected chi connectivity index (χ3v) is 3.94. The number of unbranched alkanes of at least 4 members (excludes halogenated alkanes) is 7. The second-order valence-corrected chi connectivity index (χ2v) is 5.66. The van der Waals surface area contributed by atoms with Crippen molar-refractivity contribution in [2.45, 2.75) is 64.7 Å². The van der Waals surface area contributed by atoms with Gasteiger partial charge in [0, 0.05) is 26.1 Å². The highest BCUT2D eigenvalue weighted by atomic mass is 15.2. The van der Waals surface area contributed by atoms with E-state index in [1.54, 1.807) is 0 Å². The average molecular weight is 279 g/mol. The van der Waals surface area contributed by atoms with Crippen LogP contribution in [0.3, 0.4) is 0 Å². The standard InChI is InChI=1S/C17H33N3/c1-2-3-4-5-6-7-8-9-10-11-12-17-19-14-16-20(17)15-13-18/h2-3H,4-16,18H2,1H3/b3-2+. The van der Waals surface area contributed by atoms with Crippen LogP contribution in [0.5, 0.6) is 0 Å². The van der Waals surface area contributed by atoms with E-state index in [1.165, 1.54) is 57.2 Å². The van der Waals surface area contributed by atoms with Crippen LogP contribution in [0, 0.1) is 0 Å². The van der Waals surface area contributed by atoms with Crippen LogP contribution in [-0.2, 0) is 0 Å². The fraction of sp³-hybridized carbons (Fsp3) is 0.824. The van der Waals surface area contributed by atoms with Crippen molar-refractivity contribution in [2.24, 2.45) is 10.7 Å². The van der Waals surface area contributed by atoms with Crippen molar-refractivity contribution in [3.05, 3.63) is 12.2 Å². The van der Waals surface area contributed by atoms with Gasteiger partial charge in [-0.3, -0.25) is 4.99 Å². The molecule has 0 aromatic rings. The third kappa shape index (κ3) is 7.68. The predicted molar refractivity (Wildman–Crippen MR) is 89.3 cm³/mol. The Morgan fingerprint density at radius 1 is 1.10 bits per heavy atom. The zero-order chi connectivity index (χ0) is 14.5. The summed E-state index contributed by atoms with van der Waals surface area (Å²) in [7, 11) is 0. The largest absolute Gasteiger partial charge is 0.357 e. The molecule has 3 heteroatoms. The molecule has 1 aliphatic heterocycles. The molecule has 0 fully saturated rings. The molecule has 0 aromatic heterocycles. The van der Waals surface area contributed by atoms with Gasteiger partial charge >= 0.3 is 0 Å². The minimum atomic E-state index is 0.742. The van der Waals surface area contributed by atoms with Gasteiger partial charge in [0.05, 0.1) is 12.4 Å². The Balaban J connectivity index is 1.89. The van der Waals surface area contributed by atoms with Crippen molar-refractivity contribution >= 4 is 5.84 Å². The Labute approximate surface area is 125 Å². The molecule has 0 radical (unpaired) electrons. The molecule has 1 rings (SSSR count). The van der Waals surface area contributed by atoms with Crippen LogP contribution < -0.4 is 5.73 Å². The van der Waals surface area contributed by atoms with Gasteiger partial charge in [-0.1, -0.05) is 44.3 Å². The molecule has 0 aliphatic carbocycles. The Hall–Kier alpha value is -0.830. The first-order valence-electron chi connectivity index (χ1n) is 8.48. The number of rotatable bonds is 12. The van der Waals surface area contributed by atoms with Crippen LogP contribution in [0.1, 0.15) is 64.7 Å². The van der Waals surface area contributed by atoms with Gasteiger partial charge < -0.3 is 10.6 Å². The van der Waals surface area contributed by atoms with Gasteiger partial charge in [-0.2, -0.15) is 0 Å². The maximum atomic E-state index is 5.62. The molecule has 1 heterocycles.